The van der Waals surface area contributed by atoms with Gasteiger partial charge in [0.15, 0.2) is 0 Å². The fourth-order valence-corrected chi connectivity index (χ4v) is 1.87. The summed E-state index contributed by atoms with van der Waals surface area (Å²) in [6.07, 6.45) is 7.29. The lowest BCUT2D eigenvalue weighted by Crippen LogP contribution is -2.13. The minimum Gasteiger partial charge on any atom is -0.462 e. The highest BCUT2D eigenvalue weighted by Crippen LogP contribution is 2.25. The van der Waals surface area contributed by atoms with E-state index in [2.05, 4.69) is 4.99 Å². The molecule has 84 valence electrons. The molecule has 0 aromatic carbocycles. The Hall–Kier alpha value is -1.12. The molecule has 1 aliphatic carbocycles. The SMILES string of the molecule is CCOC(=O)C(C=NC)=C1CCCCC1. The normalized spacial score (nSPS) is 16.8. The molecule has 0 saturated heterocycles. The summed E-state index contributed by atoms with van der Waals surface area (Å²) in [4.78, 5) is 15.6. The second-order valence-corrected chi connectivity index (χ2v) is 3.69. The van der Waals surface area contributed by atoms with Crippen molar-refractivity contribution in [1.82, 2.24) is 0 Å². The number of hydrogen-bond donors (Lipinski definition) is 0. The van der Waals surface area contributed by atoms with Gasteiger partial charge in [-0.15, -0.1) is 0 Å². The maximum absolute atomic E-state index is 11.7. The molecule has 1 rings (SSSR count). The van der Waals surface area contributed by atoms with Gasteiger partial charge in [0.05, 0.1) is 12.2 Å². The summed E-state index contributed by atoms with van der Waals surface area (Å²) in [6, 6.07) is 0. The molecule has 0 N–H and O–H groups in total. The van der Waals surface area contributed by atoms with Crippen LogP contribution in [0.1, 0.15) is 39.0 Å². The summed E-state index contributed by atoms with van der Waals surface area (Å²) in [5, 5.41) is 0. The fourth-order valence-electron chi connectivity index (χ4n) is 1.87. The van der Waals surface area contributed by atoms with Crippen LogP contribution in [0.15, 0.2) is 16.1 Å². The van der Waals surface area contributed by atoms with Crippen molar-refractivity contribution >= 4 is 12.2 Å². The standard InChI is InChI=1S/C12H19NO2/c1-3-15-12(14)11(9-13-2)10-7-5-4-6-8-10/h9H,3-8H2,1-2H3. The van der Waals surface area contributed by atoms with Crippen molar-refractivity contribution in [1.29, 1.82) is 0 Å². The molecule has 0 heterocycles. The lowest BCUT2D eigenvalue weighted by molar-refractivity contribution is -0.137. The molecule has 3 nitrogen and oxygen atoms in total. The fraction of sp³-hybridized carbons (Fsp3) is 0.667. The highest BCUT2D eigenvalue weighted by molar-refractivity contribution is 6.10. The van der Waals surface area contributed by atoms with Crippen LogP contribution < -0.4 is 0 Å². The molecular weight excluding hydrogens is 190 g/mol. The predicted octanol–water partition coefficient (Wildman–Crippen LogP) is 2.51. The third kappa shape index (κ3) is 3.50. The van der Waals surface area contributed by atoms with Crippen molar-refractivity contribution < 1.29 is 9.53 Å². The van der Waals surface area contributed by atoms with Gasteiger partial charge in [0, 0.05) is 13.3 Å². The van der Waals surface area contributed by atoms with Crippen molar-refractivity contribution in [2.75, 3.05) is 13.7 Å². The summed E-state index contributed by atoms with van der Waals surface area (Å²) < 4.78 is 5.02. The third-order valence-corrected chi connectivity index (χ3v) is 2.59. The number of rotatable bonds is 3. The number of carbonyl (C=O) groups excluding carboxylic acids is 1. The molecule has 0 spiro atoms. The second-order valence-electron chi connectivity index (χ2n) is 3.69. The van der Waals surface area contributed by atoms with E-state index in [4.69, 9.17) is 4.74 Å². The number of aliphatic imine (C=N–C) groups is 1. The molecule has 1 saturated carbocycles. The van der Waals surface area contributed by atoms with E-state index in [1.807, 2.05) is 6.92 Å². The molecule has 0 aliphatic heterocycles. The lowest BCUT2D eigenvalue weighted by Gasteiger charge is -2.16. The van der Waals surface area contributed by atoms with Crippen LogP contribution in [-0.2, 0) is 9.53 Å². The number of carbonyl (C=O) groups is 1. The van der Waals surface area contributed by atoms with Crippen molar-refractivity contribution in [2.24, 2.45) is 4.99 Å². The van der Waals surface area contributed by atoms with Crippen LogP contribution in [0.2, 0.25) is 0 Å². The van der Waals surface area contributed by atoms with E-state index in [0.29, 0.717) is 12.2 Å². The predicted molar refractivity (Wildman–Crippen MR) is 61.2 cm³/mol. The first-order valence-electron chi connectivity index (χ1n) is 5.61. The van der Waals surface area contributed by atoms with Crippen molar-refractivity contribution in [2.45, 2.75) is 39.0 Å². The molecule has 0 aromatic heterocycles. The van der Waals surface area contributed by atoms with Crippen molar-refractivity contribution in [3.8, 4) is 0 Å². The van der Waals surface area contributed by atoms with E-state index in [9.17, 15) is 4.79 Å². The van der Waals surface area contributed by atoms with E-state index >= 15 is 0 Å². The zero-order chi connectivity index (χ0) is 11.1. The largest absolute Gasteiger partial charge is 0.462 e. The number of nitrogens with zero attached hydrogens (tertiary/aromatic N) is 1. The number of allylic oxidation sites excluding steroid dienone is 1. The molecule has 0 radical (unpaired) electrons. The lowest BCUT2D eigenvalue weighted by atomic mass is 9.91. The summed E-state index contributed by atoms with van der Waals surface area (Å²) in [5.74, 6) is -0.222. The van der Waals surface area contributed by atoms with Gasteiger partial charge in [-0.05, 0) is 32.6 Å². The van der Waals surface area contributed by atoms with E-state index < -0.39 is 0 Å². The zero-order valence-electron chi connectivity index (χ0n) is 9.58. The van der Waals surface area contributed by atoms with E-state index in [1.165, 1.54) is 24.8 Å². The van der Waals surface area contributed by atoms with Gasteiger partial charge in [0.2, 0.25) is 0 Å². The first-order chi connectivity index (χ1) is 7.29. The molecule has 1 aliphatic rings. The van der Waals surface area contributed by atoms with Crippen LogP contribution in [0.5, 0.6) is 0 Å². The smallest absolute Gasteiger partial charge is 0.339 e. The summed E-state index contributed by atoms with van der Waals surface area (Å²) >= 11 is 0. The van der Waals surface area contributed by atoms with Gasteiger partial charge in [-0.1, -0.05) is 12.0 Å². The highest BCUT2D eigenvalue weighted by Gasteiger charge is 2.16. The van der Waals surface area contributed by atoms with Crippen LogP contribution in [0.25, 0.3) is 0 Å². The first-order valence-corrected chi connectivity index (χ1v) is 5.61. The van der Waals surface area contributed by atoms with Crippen LogP contribution in [0.4, 0.5) is 0 Å². The molecule has 15 heavy (non-hydrogen) atoms. The minimum absolute atomic E-state index is 0.222. The molecule has 0 amide bonds. The Morgan fingerprint density at radius 1 is 1.40 bits per heavy atom. The second kappa shape index (κ2) is 6.38. The van der Waals surface area contributed by atoms with E-state index in [1.54, 1.807) is 13.3 Å². The van der Waals surface area contributed by atoms with Crippen LogP contribution >= 0.6 is 0 Å². The van der Waals surface area contributed by atoms with Crippen LogP contribution in [0, 0.1) is 0 Å². The Balaban J connectivity index is 2.83. The Morgan fingerprint density at radius 3 is 2.60 bits per heavy atom. The van der Waals surface area contributed by atoms with Gasteiger partial charge in [-0.3, -0.25) is 4.99 Å². The van der Waals surface area contributed by atoms with Gasteiger partial charge in [0.1, 0.15) is 0 Å². The number of hydrogen-bond acceptors (Lipinski definition) is 3. The van der Waals surface area contributed by atoms with Gasteiger partial charge in [-0.25, -0.2) is 4.79 Å². The average molecular weight is 209 g/mol. The van der Waals surface area contributed by atoms with Crippen LogP contribution in [-0.4, -0.2) is 25.8 Å². The highest BCUT2D eigenvalue weighted by atomic mass is 16.5. The Morgan fingerprint density at radius 2 is 2.07 bits per heavy atom. The molecule has 0 bridgehead atoms. The quantitative estimate of drug-likeness (QED) is 0.407. The molecule has 0 atom stereocenters. The molecule has 0 aromatic rings. The third-order valence-electron chi connectivity index (χ3n) is 2.59. The Kier molecular flexibility index (Phi) is 5.08. The Labute approximate surface area is 91.2 Å². The maximum Gasteiger partial charge on any atom is 0.339 e. The number of ether oxygens (including phenoxy) is 1. The molecule has 1 fully saturated rings. The van der Waals surface area contributed by atoms with E-state index in [-0.39, 0.29) is 5.97 Å². The van der Waals surface area contributed by atoms with Crippen molar-refractivity contribution in [3.63, 3.8) is 0 Å². The van der Waals surface area contributed by atoms with Gasteiger partial charge in [0.25, 0.3) is 0 Å². The monoisotopic (exact) mass is 209 g/mol. The minimum atomic E-state index is -0.222. The van der Waals surface area contributed by atoms with Crippen molar-refractivity contribution in [3.05, 3.63) is 11.1 Å². The van der Waals surface area contributed by atoms with Gasteiger partial charge >= 0.3 is 5.97 Å². The van der Waals surface area contributed by atoms with Gasteiger partial charge in [-0.2, -0.15) is 0 Å². The summed E-state index contributed by atoms with van der Waals surface area (Å²) in [7, 11) is 1.68. The summed E-state index contributed by atoms with van der Waals surface area (Å²) in [6.45, 7) is 2.25. The van der Waals surface area contributed by atoms with Gasteiger partial charge < -0.3 is 4.74 Å². The maximum atomic E-state index is 11.7. The van der Waals surface area contributed by atoms with E-state index in [0.717, 1.165) is 12.8 Å². The molecule has 3 heteroatoms. The number of esters is 1. The first kappa shape index (κ1) is 12.0. The van der Waals surface area contributed by atoms with Crippen LogP contribution in [0.3, 0.4) is 0 Å². The molecule has 0 unspecified atom stereocenters. The Bertz CT molecular complexity index is 271. The zero-order valence-corrected chi connectivity index (χ0v) is 9.58. The topological polar surface area (TPSA) is 38.7 Å². The average Bonchev–Trinajstić information content (AvgIpc) is 2.27. The molecular formula is C12H19NO2. The summed E-state index contributed by atoms with van der Waals surface area (Å²) in [5.41, 5.74) is 1.89.